The number of nitrogens with zero attached hydrogens (tertiary/aromatic N) is 2. The van der Waals surface area contributed by atoms with Gasteiger partial charge < -0.3 is 10.6 Å². The lowest BCUT2D eigenvalue weighted by Gasteiger charge is -2.34. The normalized spacial score (nSPS) is 16.7. The van der Waals surface area contributed by atoms with E-state index in [9.17, 15) is 13.6 Å². The summed E-state index contributed by atoms with van der Waals surface area (Å²) in [7, 11) is 0. The number of halogens is 2. The van der Waals surface area contributed by atoms with Gasteiger partial charge in [0.1, 0.15) is 0 Å². The third kappa shape index (κ3) is 3.08. The third-order valence-corrected chi connectivity index (χ3v) is 3.29. The lowest BCUT2D eigenvalue weighted by molar-refractivity contribution is 0.0635. The van der Waals surface area contributed by atoms with E-state index < -0.39 is 17.5 Å². The average molecular weight is 269 g/mol. The predicted octanol–water partition coefficient (Wildman–Crippen LogP) is 0.681. The third-order valence-electron chi connectivity index (χ3n) is 3.29. The number of hydrogen-bond donors (Lipinski definition) is 1. The van der Waals surface area contributed by atoms with Crippen LogP contribution >= 0.6 is 0 Å². The zero-order valence-electron chi connectivity index (χ0n) is 10.6. The van der Waals surface area contributed by atoms with Gasteiger partial charge in [0.25, 0.3) is 5.91 Å². The van der Waals surface area contributed by atoms with E-state index >= 15 is 0 Å². The molecule has 0 radical (unpaired) electrons. The SMILES string of the molecule is NCCN1CCN(C(=O)c2cccc(F)c2F)CC1. The Morgan fingerprint density at radius 1 is 1.21 bits per heavy atom. The number of piperazine rings is 1. The van der Waals surface area contributed by atoms with E-state index in [4.69, 9.17) is 5.73 Å². The van der Waals surface area contributed by atoms with Crippen LogP contribution in [0.3, 0.4) is 0 Å². The number of carbonyl (C=O) groups excluding carboxylic acids is 1. The number of nitrogens with two attached hydrogens (primary N) is 1. The largest absolute Gasteiger partial charge is 0.336 e. The molecule has 6 heteroatoms. The Kier molecular flexibility index (Phi) is 4.44. The van der Waals surface area contributed by atoms with Crippen LogP contribution in [0.2, 0.25) is 0 Å². The summed E-state index contributed by atoms with van der Waals surface area (Å²) >= 11 is 0. The standard InChI is InChI=1S/C13H17F2N3O/c14-11-3-1-2-10(12(11)15)13(19)18-8-6-17(5-4-16)7-9-18/h1-3H,4-9,16H2. The zero-order valence-corrected chi connectivity index (χ0v) is 10.6. The van der Waals surface area contributed by atoms with E-state index in [0.717, 1.165) is 12.6 Å². The molecule has 1 fully saturated rings. The number of carbonyl (C=O) groups is 1. The van der Waals surface area contributed by atoms with Crippen LogP contribution in [0.5, 0.6) is 0 Å². The lowest BCUT2D eigenvalue weighted by atomic mass is 10.1. The van der Waals surface area contributed by atoms with E-state index in [1.165, 1.54) is 12.1 Å². The van der Waals surface area contributed by atoms with Crippen molar-refractivity contribution in [1.82, 2.24) is 9.80 Å². The second-order valence-electron chi connectivity index (χ2n) is 4.52. The fourth-order valence-electron chi connectivity index (χ4n) is 2.20. The van der Waals surface area contributed by atoms with E-state index in [1.807, 2.05) is 0 Å². The summed E-state index contributed by atoms with van der Waals surface area (Å²) in [5.74, 6) is -2.52. The first-order valence-corrected chi connectivity index (χ1v) is 6.29. The molecule has 0 saturated carbocycles. The monoisotopic (exact) mass is 269 g/mol. The van der Waals surface area contributed by atoms with Crippen LogP contribution in [0.25, 0.3) is 0 Å². The highest BCUT2D eigenvalue weighted by Crippen LogP contribution is 2.15. The maximum absolute atomic E-state index is 13.6. The van der Waals surface area contributed by atoms with Crippen molar-refractivity contribution in [2.24, 2.45) is 5.73 Å². The maximum atomic E-state index is 13.6. The molecule has 1 amide bonds. The van der Waals surface area contributed by atoms with Crippen LogP contribution < -0.4 is 5.73 Å². The highest BCUT2D eigenvalue weighted by Gasteiger charge is 2.24. The highest BCUT2D eigenvalue weighted by molar-refractivity contribution is 5.94. The smallest absolute Gasteiger partial charge is 0.257 e. The van der Waals surface area contributed by atoms with Gasteiger partial charge in [-0.15, -0.1) is 0 Å². The van der Waals surface area contributed by atoms with Crippen LogP contribution in [0.1, 0.15) is 10.4 Å². The summed E-state index contributed by atoms with van der Waals surface area (Å²) in [5, 5.41) is 0. The van der Waals surface area contributed by atoms with Crippen molar-refractivity contribution in [1.29, 1.82) is 0 Å². The van der Waals surface area contributed by atoms with Gasteiger partial charge in [-0.2, -0.15) is 0 Å². The van der Waals surface area contributed by atoms with Gasteiger partial charge in [-0.25, -0.2) is 8.78 Å². The molecular formula is C13H17F2N3O. The Morgan fingerprint density at radius 2 is 1.89 bits per heavy atom. The van der Waals surface area contributed by atoms with Crippen molar-refractivity contribution in [3.63, 3.8) is 0 Å². The fraction of sp³-hybridized carbons (Fsp3) is 0.462. The summed E-state index contributed by atoms with van der Waals surface area (Å²) < 4.78 is 26.7. The summed E-state index contributed by atoms with van der Waals surface area (Å²) in [6.07, 6.45) is 0. The summed E-state index contributed by atoms with van der Waals surface area (Å²) in [6.45, 7) is 3.80. The molecule has 1 saturated heterocycles. The molecule has 0 unspecified atom stereocenters. The van der Waals surface area contributed by atoms with Crippen molar-refractivity contribution in [2.45, 2.75) is 0 Å². The Morgan fingerprint density at radius 3 is 2.53 bits per heavy atom. The second-order valence-corrected chi connectivity index (χ2v) is 4.52. The fourth-order valence-corrected chi connectivity index (χ4v) is 2.20. The Balaban J connectivity index is 2.03. The topological polar surface area (TPSA) is 49.6 Å². The Labute approximate surface area is 110 Å². The van der Waals surface area contributed by atoms with Crippen molar-refractivity contribution < 1.29 is 13.6 Å². The molecule has 0 aliphatic carbocycles. The van der Waals surface area contributed by atoms with Crippen molar-refractivity contribution in [3.05, 3.63) is 35.4 Å². The minimum atomic E-state index is -1.07. The molecular weight excluding hydrogens is 252 g/mol. The highest BCUT2D eigenvalue weighted by atomic mass is 19.2. The van der Waals surface area contributed by atoms with Crippen LogP contribution in [-0.2, 0) is 0 Å². The molecule has 2 rings (SSSR count). The summed E-state index contributed by atoms with van der Waals surface area (Å²) in [5.41, 5.74) is 5.27. The Hall–Kier alpha value is -1.53. The molecule has 1 aromatic carbocycles. The minimum Gasteiger partial charge on any atom is -0.336 e. The molecule has 1 aromatic rings. The van der Waals surface area contributed by atoms with Crippen molar-refractivity contribution in [3.8, 4) is 0 Å². The number of benzene rings is 1. The van der Waals surface area contributed by atoms with Gasteiger partial charge in [0.2, 0.25) is 0 Å². The molecule has 4 nitrogen and oxygen atoms in total. The van der Waals surface area contributed by atoms with E-state index in [0.29, 0.717) is 32.7 Å². The Bertz CT molecular complexity index is 459. The van der Waals surface area contributed by atoms with Crippen LogP contribution in [-0.4, -0.2) is 55.0 Å². The summed E-state index contributed by atoms with van der Waals surface area (Å²) in [4.78, 5) is 15.8. The van der Waals surface area contributed by atoms with Crippen LogP contribution in [0, 0.1) is 11.6 Å². The first-order chi connectivity index (χ1) is 9.13. The quantitative estimate of drug-likeness (QED) is 0.878. The van der Waals surface area contributed by atoms with E-state index in [1.54, 1.807) is 4.90 Å². The van der Waals surface area contributed by atoms with E-state index in [2.05, 4.69) is 4.90 Å². The summed E-state index contributed by atoms with van der Waals surface area (Å²) in [6, 6.07) is 3.66. The zero-order chi connectivity index (χ0) is 13.8. The predicted molar refractivity (Wildman–Crippen MR) is 67.8 cm³/mol. The maximum Gasteiger partial charge on any atom is 0.257 e. The van der Waals surface area contributed by atoms with Gasteiger partial charge in [0.15, 0.2) is 11.6 Å². The van der Waals surface area contributed by atoms with Crippen molar-refractivity contribution >= 4 is 5.91 Å². The van der Waals surface area contributed by atoms with Crippen LogP contribution in [0.4, 0.5) is 8.78 Å². The molecule has 1 aliphatic heterocycles. The van der Waals surface area contributed by atoms with E-state index in [-0.39, 0.29) is 5.56 Å². The molecule has 0 aromatic heterocycles. The van der Waals surface area contributed by atoms with Gasteiger partial charge >= 0.3 is 0 Å². The number of amides is 1. The number of rotatable bonds is 3. The first-order valence-electron chi connectivity index (χ1n) is 6.29. The molecule has 1 heterocycles. The molecule has 104 valence electrons. The molecule has 0 bridgehead atoms. The molecule has 2 N–H and O–H groups in total. The van der Waals surface area contributed by atoms with Gasteiger partial charge in [0, 0.05) is 39.3 Å². The number of hydrogen-bond acceptors (Lipinski definition) is 3. The average Bonchev–Trinajstić information content (AvgIpc) is 2.42. The van der Waals surface area contributed by atoms with Crippen molar-refractivity contribution in [2.75, 3.05) is 39.3 Å². The minimum absolute atomic E-state index is 0.202. The lowest BCUT2D eigenvalue weighted by Crippen LogP contribution is -2.49. The van der Waals surface area contributed by atoms with Gasteiger partial charge in [-0.05, 0) is 12.1 Å². The first kappa shape index (κ1) is 13.9. The second kappa shape index (κ2) is 6.08. The molecule has 19 heavy (non-hydrogen) atoms. The van der Waals surface area contributed by atoms with Crippen LogP contribution in [0.15, 0.2) is 18.2 Å². The van der Waals surface area contributed by atoms with Gasteiger partial charge in [-0.1, -0.05) is 6.07 Å². The molecule has 0 atom stereocenters. The van der Waals surface area contributed by atoms with Gasteiger partial charge in [-0.3, -0.25) is 9.69 Å². The molecule has 1 aliphatic rings. The van der Waals surface area contributed by atoms with Gasteiger partial charge in [0.05, 0.1) is 5.56 Å². The molecule has 0 spiro atoms.